The molecule has 2 bridgehead atoms. The van der Waals surface area contributed by atoms with Gasteiger partial charge >= 0.3 is 5.97 Å². The number of carbonyl (C=O) groups excluding carboxylic acids is 2. The van der Waals surface area contributed by atoms with Crippen LogP contribution in [0.4, 0.5) is 0 Å². The number of carboxylic acid groups (broad SMARTS) is 1. The van der Waals surface area contributed by atoms with Crippen molar-refractivity contribution in [1.82, 2.24) is 0 Å². The Morgan fingerprint density at radius 1 is 1.05 bits per heavy atom. The SMILES string of the molecule is CC1OC2CC(OC3CCCCO3)C1(O)C(C)C(O)C1C(=O)C3=C(CC(CC(=O)O)OC3)C(=O)C1C2O. The molecule has 11 heteroatoms. The van der Waals surface area contributed by atoms with Gasteiger partial charge < -0.3 is 39.4 Å². The summed E-state index contributed by atoms with van der Waals surface area (Å²) < 4.78 is 23.5. The highest BCUT2D eigenvalue weighted by Gasteiger charge is 2.63. The number of Topliss-reactive ketones (excluding diaryl/α,β-unsaturated/α-hetero) is 2. The minimum absolute atomic E-state index is 0.0419. The van der Waals surface area contributed by atoms with Crippen molar-refractivity contribution in [3.05, 3.63) is 11.1 Å². The third-order valence-corrected chi connectivity index (χ3v) is 9.05. The predicted molar refractivity (Wildman–Crippen MR) is 124 cm³/mol. The third kappa shape index (κ3) is 4.48. The lowest BCUT2D eigenvalue weighted by Crippen LogP contribution is -2.65. The molecule has 0 aromatic heterocycles. The Balaban J connectivity index is 1.51. The van der Waals surface area contributed by atoms with Gasteiger partial charge in [0.25, 0.3) is 0 Å². The largest absolute Gasteiger partial charge is 0.481 e. The van der Waals surface area contributed by atoms with Crippen molar-refractivity contribution < 1.29 is 53.8 Å². The second kappa shape index (κ2) is 10.1. The van der Waals surface area contributed by atoms with Crippen molar-refractivity contribution in [2.75, 3.05) is 13.2 Å². The van der Waals surface area contributed by atoms with E-state index in [2.05, 4.69) is 0 Å². The summed E-state index contributed by atoms with van der Waals surface area (Å²) in [7, 11) is 0. The summed E-state index contributed by atoms with van der Waals surface area (Å²) >= 11 is 0. The molecule has 6 aliphatic rings. The fourth-order valence-corrected chi connectivity index (χ4v) is 6.91. The molecule has 4 fully saturated rings. The monoisotopic (exact) mass is 524 g/mol. The van der Waals surface area contributed by atoms with Crippen molar-refractivity contribution >= 4 is 17.5 Å². The first-order valence-corrected chi connectivity index (χ1v) is 13.2. The van der Waals surface area contributed by atoms with E-state index in [1.807, 2.05) is 0 Å². The number of aliphatic hydroxyl groups excluding tert-OH is 2. The van der Waals surface area contributed by atoms with E-state index in [1.165, 1.54) is 0 Å². The van der Waals surface area contributed by atoms with Crippen molar-refractivity contribution in [3.63, 3.8) is 0 Å². The zero-order valence-corrected chi connectivity index (χ0v) is 21.1. The van der Waals surface area contributed by atoms with Crippen LogP contribution < -0.4 is 0 Å². The fraction of sp³-hybridized carbons (Fsp3) is 0.808. The molecule has 0 aromatic carbocycles. The Kier molecular flexibility index (Phi) is 7.34. The molecule has 4 heterocycles. The van der Waals surface area contributed by atoms with Crippen LogP contribution in [0.25, 0.3) is 0 Å². The maximum atomic E-state index is 13.8. The molecule has 0 aromatic rings. The number of carbonyl (C=O) groups is 3. The molecule has 11 atom stereocenters. The minimum Gasteiger partial charge on any atom is -0.481 e. The van der Waals surface area contributed by atoms with Crippen molar-refractivity contribution in [2.45, 2.75) is 101 Å². The topological polar surface area (TPSA) is 169 Å². The van der Waals surface area contributed by atoms with Gasteiger partial charge in [0, 0.05) is 36.5 Å². The molecule has 4 aliphatic heterocycles. The quantitative estimate of drug-likeness (QED) is 0.394. The van der Waals surface area contributed by atoms with Gasteiger partial charge in [-0.25, -0.2) is 0 Å². The number of aliphatic hydroxyl groups is 3. The molecule has 206 valence electrons. The van der Waals surface area contributed by atoms with E-state index >= 15 is 0 Å². The maximum absolute atomic E-state index is 13.8. The van der Waals surface area contributed by atoms with Crippen LogP contribution in [-0.4, -0.2) is 99.7 Å². The lowest BCUT2D eigenvalue weighted by molar-refractivity contribution is -0.305. The van der Waals surface area contributed by atoms with Gasteiger partial charge in [0.15, 0.2) is 17.9 Å². The van der Waals surface area contributed by atoms with Crippen LogP contribution in [0.2, 0.25) is 0 Å². The van der Waals surface area contributed by atoms with E-state index in [9.17, 15) is 29.7 Å². The first-order valence-electron chi connectivity index (χ1n) is 13.2. The molecule has 0 spiro atoms. The Labute approximate surface area is 214 Å². The summed E-state index contributed by atoms with van der Waals surface area (Å²) in [5.74, 6) is -5.72. The van der Waals surface area contributed by atoms with Crippen LogP contribution in [0.3, 0.4) is 0 Å². The van der Waals surface area contributed by atoms with Crippen LogP contribution >= 0.6 is 0 Å². The van der Waals surface area contributed by atoms with Crippen LogP contribution in [0, 0.1) is 17.8 Å². The molecule has 1 saturated carbocycles. The van der Waals surface area contributed by atoms with Crippen molar-refractivity contribution in [1.29, 1.82) is 0 Å². The summed E-state index contributed by atoms with van der Waals surface area (Å²) in [6, 6.07) is 0. The smallest absolute Gasteiger partial charge is 0.305 e. The number of fused-ring (bicyclic) bond motifs is 3. The second-order valence-electron chi connectivity index (χ2n) is 11.1. The molecular formula is C26H36O11. The molecule has 0 radical (unpaired) electrons. The Bertz CT molecular complexity index is 972. The van der Waals surface area contributed by atoms with Gasteiger partial charge in [0.2, 0.25) is 0 Å². The van der Waals surface area contributed by atoms with Crippen LogP contribution in [0.5, 0.6) is 0 Å². The molecule has 3 saturated heterocycles. The summed E-state index contributed by atoms with van der Waals surface area (Å²) in [6.07, 6.45) is -4.87. The van der Waals surface area contributed by atoms with E-state index < -0.39 is 83.8 Å². The van der Waals surface area contributed by atoms with E-state index in [0.717, 1.165) is 12.8 Å². The molecule has 0 amide bonds. The fourth-order valence-electron chi connectivity index (χ4n) is 6.91. The summed E-state index contributed by atoms with van der Waals surface area (Å²) in [4.78, 5) is 38.7. The summed E-state index contributed by atoms with van der Waals surface area (Å²) in [6.45, 7) is 3.51. The number of hydrogen-bond donors (Lipinski definition) is 4. The zero-order chi connectivity index (χ0) is 26.6. The summed E-state index contributed by atoms with van der Waals surface area (Å²) in [5, 5.41) is 44.2. The number of ketones is 2. The second-order valence-corrected chi connectivity index (χ2v) is 11.1. The van der Waals surface area contributed by atoms with Crippen LogP contribution in [0.1, 0.15) is 52.4 Å². The van der Waals surface area contributed by atoms with E-state index in [-0.39, 0.29) is 37.0 Å². The van der Waals surface area contributed by atoms with Gasteiger partial charge in [0.05, 0.1) is 61.5 Å². The lowest BCUT2D eigenvalue weighted by Gasteiger charge is -2.51. The van der Waals surface area contributed by atoms with Gasteiger partial charge in [-0.2, -0.15) is 0 Å². The molecule has 11 unspecified atom stereocenters. The highest BCUT2D eigenvalue weighted by Crippen LogP contribution is 2.49. The van der Waals surface area contributed by atoms with Crippen LogP contribution in [0.15, 0.2) is 11.1 Å². The average molecular weight is 525 g/mol. The highest BCUT2D eigenvalue weighted by atomic mass is 16.7. The molecule has 4 N–H and O–H groups in total. The average Bonchev–Trinajstić information content (AvgIpc) is 2.90. The summed E-state index contributed by atoms with van der Waals surface area (Å²) in [5.41, 5.74) is -1.48. The molecule has 2 aliphatic carbocycles. The molecular weight excluding hydrogens is 488 g/mol. The van der Waals surface area contributed by atoms with Gasteiger partial charge in [0.1, 0.15) is 5.60 Å². The van der Waals surface area contributed by atoms with Crippen LogP contribution in [-0.2, 0) is 33.3 Å². The van der Waals surface area contributed by atoms with Crippen molar-refractivity contribution in [2.24, 2.45) is 17.8 Å². The van der Waals surface area contributed by atoms with Gasteiger partial charge in [-0.3, -0.25) is 14.4 Å². The predicted octanol–water partition coefficient (Wildman–Crippen LogP) is 0.123. The number of rotatable bonds is 4. The Morgan fingerprint density at radius 2 is 1.76 bits per heavy atom. The number of hydrogen-bond acceptors (Lipinski definition) is 10. The first-order chi connectivity index (χ1) is 17.5. The lowest BCUT2D eigenvalue weighted by atomic mass is 9.64. The Hall–Kier alpha value is -1.73. The number of aliphatic carboxylic acids is 1. The van der Waals surface area contributed by atoms with E-state index in [1.54, 1.807) is 13.8 Å². The third-order valence-electron chi connectivity index (χ3n) is 9.05. The van der Waals surface area contributed by atoms with Crippen molar-refractivity contribution in [3.8, 4) is 0 Å². The molecule has 6 rings (SSSR count). The van der Waals surface area contributed by atoms with Gasteiger partial charge in [-0.1, -0.05) is 6.92 Å². The maximum Gasteiger partial charge on any atom is 0.305 e. The van der Waals surface area contributed by atoms with E-state index in [0.29, 0.717) is 13.0 Å². The van der Waals surface area contributed by atoms with E-state index in [4.69, 9.17) is 24.1 Å². The van der Waals surface area contributed by atoms with Gasteiger partial charge in [-0.15, -0.1) is 0 Å². The first kappa shape index (κ1) is 26.9. The highest BCUT2D eigenvalue weighted by molar-refractivity contribution is 6.14. The standard InChI is InChI=1S/C26H36O11/c1-11-22(29)20-21(23(30)14-7-13(8-18(27)28)35-10-15(14)24(20)31)25(32)16-9-17(26(11,33)12(2)36-16)37-19-5-3-4-6-34-19/h11-13,16-17,19-22,25,29,32-33H,3-10H2,1-2H3,(H,27,28). The zero-order valence-electron chi connectivity index (χ0n) is 21.1. The molecule has 37 heavy (non-hydrogen) atoms. The minimum atomic E-state index is -1.72. The Morgan fingerprint density at radius 3 is 2.43 bits per heavy atom. The normalized spacial score (nSPS) is 46.5. The number of carboxylic acids is 1. The number of ether oxygens (including phenoxy) is 4. The van der Waals surface area contributed by atoms with Gasteiger partial charge in [-0.05, 0) is 26.2 Å². The molecule has 11 nitrogen and oxygen atoms in total.